The van der Waals surface area contributed by atoms with E-state index in [1.807, 2.05) is 51.1 Å². The zero-order valence-electron chi connectivity index (χ0n) is 15.3. The van der Waals surface area contributed by atoms with Gasteiger partial charge in [-0.1, -0.05) is 54.6 Å². The SMILES string of the molecule is [C-]#[N+]c1ccc(C(=O)N(CC(=O)NC(C)(C)C)Cc2ccccc2)cc1. The van der Waals surface area contributed by atoms with Crippen LogP contribution in [-0.2, 0) is 11.3 Å². The van der Waals surface area contributed by atoms with Gasteiger partial charge in [0.25, 0.3) is 5.91 Å². The van der Waals surface area contributed by atoms with E-state index in [0.29, 0.717) is 17.8 Å². The molecule has 2 amide bonds. The number of carbonyl (C=O) groups excluding carboxylic acids is 2. The minimum absolute atomic E-state index is 0.0322. The molecule has 2 rings (SSSR count). The molecule has 5 heteroatoms. The van der Waals surface area contributed by atoms with Gasteiger partial charge in [-0.15, -0.1) is 0 Å². The molecular weight excluding hydrogens is 326 g/mol. The fourth-order valence-electron chi connectivity index (χ4n) is 2.50. The third-order valence-corrected chi connectivity index (χ3v) is 3.60. The molecule has 0 radical (unpaired) electrons. The van der Waals surface area contributed by atoms with Crippen LogP contribution < -0.4 is 5.32 Å². The van der Waals surface area contributed by atoms with E-state index in [2.05, 4.69) is 10.2 Å². The zero-order chi connectivity index (χ0) is 19.2. The van der Waals surface area contributed by atoms with E-state index < -0.39 is 0 Å². The van der Waals surface area contributed by atoms with Crippen LogP contribution in [0.3, 0.4) is 0 Å². The average Bonchev–Trinajstić information content (AvgIpc) is 2.60. The normalized spacial score (nSPS) is 10.7. The third kappa shape index (κ3) is 5.75. The molecule has 2 aromatic carbocycles. The predicted octanol–water partition coefficient (Wildman–Crippen LogP) is 3.79. The Bertz CT molecular complexity index is 800. The van der Waals surface area contributed by atoms with E-state index >= 15 is 0 Å². The first-order valence-corrected chi connectivity index (χ1v) is 8.40. The number of nitrogens with one attached hydrogen (secondary N) is 1. The minimum atomic E-state index is -0.365. The molecule has 26 heavy (non-hydrogen) atoms. The molecule has 0 aromatic heterocycles. The van der Waals surface area contributed by atoms with Crippen LogP contribution in [0.4, 0.5) is 5.69 Å². The van der Waals surface area contributed by atoms with E-state index in [1.165, 1.54) is 4.90 Å². The summed E-state index contributed by atoms with van der Waals surface area (Å²) in [4.78, 5) is 30.1. The van der Waals surface area contributed by atoms with Gasteiger partial charge in [0, 0.05) is 17.6 Å². The highest BCUT2D eigenvalue weighted by atomic mass is 16.2. The van der Waals surface area contributed by atoms with Gasteiger partial charge in [-0.25, -0.2) is 4.85 Å². The van der Waals surface area contributed by atoms with Crippen molar-refractivity contribution in [1.82, 2.24) is 10.2 Å². The van der Waals surface area contributed by atoms with Crippen molar-refractivity contribution in [3.8, 4) is 0 Å². The molecule has 0 saturated carbocycles. The standard InChI is InChI=1S/C21H23N3O2/c1-21(2,3)23-19(25)15-24(14-16-8-6-5-7-9-16)20(26)17-10-12-18(22-4)13-11-17/h5-13H,14-15H2,1-3H3,(H,23,25). The first-order chi connectivity index (χ1) is 12.3. The van der Waals surface area contributed by atoms with Crippen molar-refractivity contribution in [2.45, 2.75) is 32.9 Å². The van der Waals surface area contributed by atoms with Gasteiger partial charge in [0.05, 0.1) is 6.57 Å². The largest absolute Gasteiger partial charge is 0.350 e. The van der Waals surface area contributed by atoms with Gasteiger partial charge in [0.1, 0.15) is 6.54 Å². The van der Waals surface area contributed by atoms with Gasteiger partial charge in [0.2, 0.25) is 5.91 Å². The van der Waals surface area contributed by atoms with E-state index in [0.717, 1.165) is 5.56 Å². The van der Waals surface area contributed by atoms with E-state index in [4.69, 9.17) is 6.57 Å². The van der Waals surface area contributed by atoms with Gasteiger partial charge in [0.15, 0.2) is 5.69 Å². The zero-order valence-corrected chi connectivity index (χ0v) is 15.3. The third-order valence-electron chi connectivity index (χ3n) is 3.60. The van der Waals surface area contributed by atoms with Crippen molar-refractivity contribution in [2.75, 3.05) is 6.54 Å². The van der Waals surface area contributed by atoms with Crippen molar-refractivity contribution in [3.63, 3.8) is 0 Å². The Hall–Kier alpha value is -3.13. The lowest BCUT2D eigenvalue weighted by Gasteiger charge is -2.26. The van der Waals surface area contributed by atoms with Crippen molar-refractivity contribution >= 4 is 17.5 Å². The van der Waals surface area contributed by atoms with Gasteiger partial charge in [-0.2, -0.15) is 0 Å². The summed E-state index contributed by atoms with van der Waals surface area (Å²) in [6.07, 6.45) is 0. The van der Waals surface area contributed by atoms with Crippen LogP contribution in [0.1, 0.15) is 36.7 Å². The van der Waals surface area contributed by atoms with E-state index in [-0.39, 0.29) is 23.9 Å². The number of nitrogens with zero attached hydrogens (tertiary/aromatic N) is 2. The second kappa shape index (κ2) is 8.30. The highest BCUT2D eigenvalue weighted by Crippen LogP contribution is 2.15. The van der Waals surface area contributed by atoms with Crippen molar-refractivity contribution in [1.29, 1.82) is 0 Å². The highest BCUT2D eigenvalue weighted by Gasteiger charge is 2.21. The maximum absolute atomic E-state index is 12.9. The molecule has 0 spiro atoms. The molecule has 0 fully saturated rings. The Balaban J connectivity index is 2.22. The Labute approximate surface area is 154 Å². The summed E-state index contributed by atoms with van der Waals surface area (Å²) in [5, 5.41) is 2.89. The summed E-state index contributed by atoms with van der Waals surface area (Å²) in [6.45, 7) is 13.0. The number of rotatable bonds is 5. The van der Waals surface area contributed by atoms with E-state index in [9.17, 15) is 9.59 Å². The predicted molar refractivity (Wildman–Crippen MR) is 102 cm³/mol. The Morgan fingerprint density at radius 3 is 2.19 bits per heavy atom. The molecule has 5 nitrogen and oxygen atoms in total. The molecule has 0 aliphatic heterocycles. The summed E-state index contributed by atoms with van der Waals surface area (Å²) in [6, 6.07) is 16.0. The lowest BCUT2D eigenvalue weighted by Crippen LogP contribution is -2.47. The molecule has 0 saturated heterocycles. The molecule has 0 bridgehead atoms. The second-order valence-electron chi connectivity index (χ2n) is 7.10. The quantitative estimate of drug-likeness (QED) is 0.835. The number of hydrogen-bond acceptors (Lipinski definition) is 2. The van der Waals surface area contributed by atoms with Crippen molar-refractivity contribution < 1.29 is 9.59 Å². The summed E-state index contributed by atoms with van der Waals surface area (Å²) >= 11 is 0. The Morgan fingerprint density at radius 1 is 1.04 bits per heavy atom. The van der Waals surface area contributed by atoms with Gasteiger partial charge in [-0.3, -0.25) is 9.59 Å². The molecular formula is C21H23N3O2. The summed E-state index contributed by atoms with van der Waals surface area (Å²) in [5.41, 5.74) is 1.51. The topological polar surface area (TPSA) is 53.8 Å². The highest BCUT2D eigenvalue weighted by molar-refractivity contribution is 5.96. The molecule has 0 aliphatic rings. The summed E-state index contributed by atoms with van der Waals surface area (Å²) < 4.78 is 0. The van der Waals surface area contributed by atoms with Crippen molar-refractivity contribution in [2.24, 2.45) is 0 Å². The maximum Gasteiger partial charge on any atom is 0.254 e. The van der Waals surface area contributed by atoms with Crippen LogP contribution in [-0.4, -0.2) is 28.8 Å². The smallest absolute Gasteiger partial charge is 0.254 e. The molecule has 0 heterocycles. The van der Waals surface area contributed by atoms with Crippen LogP contribution in [0.5, 0.6) is 0 Å². The number of amides is 2. The molecule has 0 atom stereocenters. The average molecular weight is 349 g/mol. The van der Waals surface area contributed by atoms with Crippen molar-refractivity contribution in [3.05, 3.63) is 77.1 Å². The summed E-state index contributed by atoms with van der Waals surface area (Å²) in [5.74, 6) is -0.450. The van der Waals surface area contributed by atoms with Crippen LogP contribution in [0.25, 0.3) is 4.85 Å². The molecule has 1 N–H and O–H groups in total. The first-order valence-electron chi connectivity index (χ1n) is 8.40. The maximum atomic E-state index is 12.9. The fourth-order valence-corrected chi connectivity index (χ4v) is 2.50. The monoisotopic (exact) mass is 349 g/mol. The Kier molecular flexibility index (Phi) is 6.13. The number of benzene rings is 2. The number of hydrogen-bond donors (Lipinski definition) is 1. The number of carbonyl (C=O) groups is 2. The second-order valence-corrected chi connectivity index (χ2v) is 7.10. The van der Waals surface area contributed by atoms with Crippen LogP contribution in [0, 0.1) is 6.57 Å². The first kappa shape index (κ1) is 19.2. The lowest BCUT2D eigenvalue weighted by molar-refractivity contribution is -0.123. The van der Waals surface area contributed by atoms with Crippen LogP contribution in [0.2, 0.25) is 0 Å². The molecule has 2 aromatic rings. The van der Waals surface area contributed by atoms with Gasteiger partial charge >= 0.3 is 0 Å². The lowest BCUT2D eigenvalue weighted by atomic mass is 10.1. The molecule has 0 unspecified atom stereocenters. The molecule has 134 valence electrons. The Morgan fingerprint density at radius 2 is 1.65 bits per heavy atom. The van der Waals surface area contributed by atoms with Crippen LogP contribution >= 0.6 is 0 Å². The van der Waals surface area contributed by atoms with Gasteiger partial charge in [-0.05, 0) is 26.3 Å². The van der Waals surface area contributed by atoms with Gasteiger partial charge < -0.3 is 10.2 Å². The summed E-state index contributed by atoms with van der Waals surface area (Å²) in [7, 11) is 0. The molecule has 0 aliphatic carbocycles. The minimum Gasteiger partial charge on any atom is -0.350 e. The fraction of sp³-hybridized carbons (Fsp3) is 0.286. The van der Waals surface area contributed by atoms with E-state index in [1.54, 1.807) is 24.3 Å². The van der Waals surface area contributed by atoms with Crippen LogP contribution in [0.15, 0.2) is 54.6 Å².